The number of nitrogens with zero attached hydrogens (tertiary/aromatic N) is 6. The van der Waals surface area contributed by atoms with Crippen molar-refractivity contribution in [1.29, 1.82) is 0 Å². The third-order valence-corrected chi connectivity index (χ3v) is 4.57. The molecule has 2 aromatic heterocycles. The van der Waals surface area contributed by atoms with E-state index < -0.39 is 0 Å². The molecule has 4 aromatic rings. The lowest BCUT2D eigenvalue weighted by atomic mass is 10.1. The van der Waals surface area contributed by atoms with E-state index in [0.717, 1.165) is 11.1 Å². The Hall–Kier alpha value is -3.81. The Morgan fingerprint density at radius 1 is 1.14 bits per heavy atom. The second-order valence-electron chi connectivity index (χ2n) is 6.77. The van der Waals surface area contributed by atoms with Crippen LogP contribution in [-0.4, -0.2) is 35.9 Å². The summed E-state index contributed by atoms with van der Waals surface area (Å²) in [6, 6.07) is 15.5. The Kier molecular flexibility index (Phi) is 5.15. The van der Waals surface area contributed by atoms with Crippen LogP contribution in [0.25, 0.3) is 11.4 Å². The molecule has 0 saturated carbocycles. The molecule has 1 N–H and O–H groups in total. The summed E-state index contributed by atoms with van der Waals surface area (Å²) in [6.07, 6.45) is 3.47. The van der Waals surface area contributed by atoms with Gasteiger partial charge in [0.1, 0.15) is 0 Å². The molecule has 0 aliphatic heterocycles. The number of anilines is 1. The van der Waals surface area contributed by atoms with Gasteiger partial charge < -0.3 is 5.32 Å². The minimum absolute atomic E-state index is 0.211. The Bertz CT molecular complexity index is 1130. The van der Waals surface area contributed by atoms with Gasteiger partial charge in [0.15, 0.2) is 5.82 Å². The van der Waals surface area contributed by atoms with E-state index >= 15 is 0 Å². The lowest BCUT2D eigenvalue weighted by Crippen LogP contribution is -2.11. The molecule has 0 saturated heterocycles. The molecule has 8 heteroatoms. The topological polar surface area (TPSA) is 90.5 Å². The molecule has 4 rings (SSSR count). The maximum atomic E-state index is 12.7. The fourth-order valence-electron chi connectivity index (χ4n) is 3.02. The highest BCUT2D eigenvalue weighted by Gasteiger charge is 2.12. The van der Waals surface area contributed by atoms with E-state index in [2.05, 4.69) is 57.1 Å². The minimum Gasteiger partial charge on any atom is -0.319 e. The van der Waals surface area contributed by atoms with Gasteiger partial charge in [-0.15, -0.1) is 5.10 Å². The molecule has 2 aromatic carbocycles. The average molecular weight is 387 g/mol. The van der Waals surface area contributed by atoms with Crippen molar-refractivity contribution in [3.8, 4) is 11.4 Å². The van der Waals surface area contributed by atoms with Gasteiger partial charge in [0, 0.05) is 23.9 Å². The quantitative estimate of drug-likeness (QED) is 0.549. The fraction of sp³-hybridized carbons (Fsp3) is 0.190. The summed E-state index contributed by atoms with van der Waals surface area (Å²) in [5, 5.41) is 18.9. The second kappa shape index (κ2) is 8.05. The van der Waals surface area contributed by atoms with Crippen molar-refractivity contribution in [3.05, 3.63) is 77.6 Å². The maximum Gasteiger partial charge on any atom is 0.255 e. The second-order valence-corrected chi connectivity index (χ2v) is 6.77. The number of rotatable bonds is 6. The number of aryl methyl sites for hydroxylation is 2. The van der Waals surface area contributed by atoms with Gasteiger partial charge >= 0.3 is 0 Å². The van der Waals surface area contributed by atoms with Gasteiger partial charge in [-0.1, -0.05) is 42.0 Å². The number of hydrogen-bond acceptors (Lipinski definition) is 5. The molecule has 1 amide bonds. The third kappa shape index (κ3) is 4.21. The Morgan fingerprint density at radius 3 is 2.76 bits per heavy atom. The van der Waals surface area contributed by atoms with Crippen molar-refractivity contribution in [3.63, 3.8) is 0 Å². The van der Waals surface area contributed by atoms with Gasteiger partial charge in [0.25, 0.3) is 5.91 Å². The zero-order chi connectivity index (χ0) is 20.2. The molecule has 2 heterocycles. The molecule has 0 atom stereocenters. The summed E-state index contributed by atoms with van der Waals surface area (Å²) in [5.41, 5.74) is 4.33. The molecule has 0 spiro atoms. The molecule has 0 fully saturated rings. The van der Waals surface area contributed by atoms with E-state index in [4.69, 9.17) is 0 Å². The number of benzene rings is 2. The highest BCUT2D eigenvalue weighted by molar-refractivity contribution is 6.04. The molecular weight excluding hydrogens is 366 g/mol. The molecule has 0 unspecified atom stereocenters. The summed E-state index contributed by atoms with van der Waals surface area (Å²) in [7, 11) is 0. The molecule has 8 nitrogen and oxygen atoms in total. The average Bonchev–Trinajstić information content (AvgIpc) is 3.39. The van der Waals surface area contributed by atoms with Crippen LogP contribution in [0.15, 0.2) is 60.9 Å². The van der Waals surface area contributed by atoms with E-state index in [9.17, 15) is 4.79 Å². The maximum absolute atomic E-state index is 12.7. The van der Waals surface area contributed by atoms with Crippen molar-refractivity contribution in [2.75, 3.05) is 5.32 Å². The van der Waals surface area contributed by atoms with Gasteiger partial charge in [-0.2, -0.15) is 5.10 Å². The molecule has 0 aliphatic carbocycles. The number of amides is 1. The van der Waals surface area contributed by atoms with Crippen LogP contribution >= 0.6 is 0 Å². The van der Waals surface area contributed by atoms with E-state index in [1.54, 1.807) is 27.7 Å². The lowest BCUT2D eigenvalue weighted by molar-refractivity contribution is 0.102. The molecule has 29 heavy (non-hydrogen) atoms. The van der Waals surface area contributed by atoms with Crippen LogP contribution in [-0.2, 0) is 13.1 Å². The van der Waals surface area contributed by atoms with Gasteiger partial charge in [0.05, 0.1) is 18.4 Å². The van der Waals surface area contributed by atoms with Crippen LogP contribution in [0, 0.1) is 6.92 Å². The van der Waals surface area contributed by atoms with Crippen LogP contribution in [0.4, 0.5) is 5.69 Å². The van der Waals surface area contributed by atoms with Crippen molar-refractivity contribution in [2.45, 2.75) is 26.9 Å². The van der Waals surface area contributed by atoms with E-state index in [1.807, 2.05) is 25.3 Å². The third-order valence-electron chi connectivity index (χ3n) is 4.57. The summed E-state index contributed by atoms with van der Waals surface area (Å²) in [5.74, 6) is 0.422. The van der Waals surface area contributed by atoms with Crippen LogP contribution < -0.4 is 5.32 Å². The molecule has 0 bridgehead atoms. The van der Waals surface area contributed by atoms with Crippen LogP contribution in [0.5, 0.6) is 0 Å². The Morgan fingerprint density at radius 2 is 1.97 bits per heavy atom. The van der Waals surface area contributed by atoms with Crippen molar-refractivity contribution < 1.29 is 4.79 Å². The summed E-state index contributed by atoms with van der Waals surface area (Å²) in [4.78, 5) is 12.7. The summed E-state index contributed by atoms with van der Waals surface area (Å²) in [6.45, 7) is 5.32. The first-order valence-electron chi connectivity index (χ1n) is 9.38. The number of tetrazole rings is 1. The summed E-state index contributed by atoms with van der Waals surface area (Å²) < 4.78 is 3.48. The first-order chi connectivity index (χ1) is 14.1. The highest BCUT2D eigenvalue weighted by atomic mass is 16.1. The fourth-order valence-corrected chi connectivity index (χ4v) is 3.02. The molecule has 0 radical (unpaired) electrons. The SMILES string of the molecule is CCn1nnnc1-c1cccc(C(=O)Nc2cnn(Cc3ccc(C)cc3)c2)c1. The van der Waals surface area contributed by atoms with Crippen LogP contribution in [0.2, 0.25) is 0 Å². The van der Waals surface area contributed by atoms with Gasteiger partial charge in [-0.05, 0) is 42.0 Å². The smallest absolute Gasteiger partial charge is 0.255 e. The highest BCUT2D eigenvalue weighted by Crippen LogP contribution is 2.18. The first-order valence-corrected chi connectivity index (χ1v) is 9.38. The molecule has 0 aliphatic rings. The van der Waals surface area contributed by atoms with Crippen LogP contribution in [0.3, 0.4) is 0 Å². The van der Waals surface area contributed by atoms with Gasteiger partial charge in [0.2, 0.25) is 0 Å². The van der Waals surface area contributed by atoms with Crippen molar-refractivity contribution >= 4 is 11.6 Å². The molecular formula is C21H21N7O. The first kappa shape index (κ1) is 18.5. The number of nitrogens with one attached hydrogen (secondary N) is 1. The van der Waals surface area contributed by atoms with Crippen LogP contribution in [0.1, 0.15) is 28.4 Å². The largest absolute Gasteiger partial charge is 0.319 e. The predicted octanol–water partition coefficient (Wildman–Crippen LogP) is 3.17. The van der Waals surface area contributed by atoms with E-state index in [1.165, 1.54) is 5.56 Å². The monoisotopic (exact) mass is 387 g/mol. The lowest BCUT2D eigenvalue weighted by Gasteiger charge is -2.06. The number of aromatic nitrogens is 6. The van der Waals surface area contributed by atoms with E-state index in [0.29, 0.717) is 30.2 Å². The van der Waals surface area contributed by atoms with Crippen molar-refractivity contribution in [2.24, 2.45) is 0 Å². The van der Waals surface area contributed by atoms with Crippen molar-refractivity contribution in [1.82, 2.24) is 30.0 Å². The zero-order valence-corrected chi connectivity index (χ0v) is 16.3. The standard InChI is InChI=1S/C21H21N7O/c1-3-28-20(24-25-26-28)17-5-4-6-18(11-17)21(29)23-19-12-22-27(14-19)13-16-9-7-15(2)8-10-16/h4-12,14H,3,13H2,1-2H3,(H,23,29). The number of carbonyl (C=O) groups excluding carboxylic acids is 1. The molecule has 146 valence electrons. The normalized spacial score (nSPS) is 10.8. The van der Waals surface area contributed by atoms with Gasteiger partial charge in [-0.25, -0.2) is 4.68 Å². The number of hydrogen-bond donors (Lipinski definition) is 1. The summed E-state index contributed by atoms with van der Waals surface area (Å²) >= 11 is 0. The zero-order valence-electron chi connectivity index (χ0n) is 16.3. The Labute approximate surface area is 168 Å². The van der Waals surface area contributed by atoms with E-state index in [-0.39, 0.29) is 5.91 Å². The minimum atomic E-state index is -0.211. The number of carbonyl (C=O) groups is 1. The van der Waals surface area contributed by atoms with Gasteiger partial charge in [-0.3, -0.25) is 9.48 Å². The Balaban J connectivity index is 1.47. The predicted molar refractivity (Wildman–Crippen MR) is 109 cm³/mol.